The van der Waals surface area contributed by atoms with Crippen molar-refractivity contribution in [3.63, 3.8) is 0 Å². The molecule has 3 N–H and O–H groups in total. The molecule has 0 heterocycles. The summed E-state index contributed by atoms with van der Waals surface area (Å²) in [6.45, 7) is 10.8. The van der Waals surface area contributed by atoms with Crippen molar-refractivity contribution in [1.29, 1.82) is 0 Å². The Hall–Kier alpha value is -1.51. The van der Waals surface area contributed by atoms with Gasteiger partial charge in [0.2, 0.25) is 0 Å². The first-order chi connectivity index (χ1) is 17.7. The second-order valence-corrected chi connectivity index (χ2v) is 13.4. The van der Waals surface area contributed by atoms with E-state index in [1.54, 1.807) is 6.92 Å². The molecule has 216 valence electrons. The number of aliphatic hydroxyl groups is 3. The molecule has 4 rings (SSSR count). The van der Waals surface area contributed by atoms with Crippen LogP contribution < -0.4 is 0 Å². The minimum Gasteiger partial charge on any atom is -0.463 e. The molecule has 4 saturated carbocycles. The van der Waals surface area contributed by atoms with E-state index in [1.165, 1.54) is 6.92 Å². The van der Waals surface area contributed by atoms with Crippen LogP contribution in [-0.4, -0.2) is 63.6 Å². The lowest BCUT2D eigenvalue weighted by molar-refractivity contribution is -0.238. The minimum atomic E-state index is -0.983. The second kappa shape index (κ2) is 10.8. The van der Waals surface area contributed by atoms with Crippen LogP contribution in [0.5, 0.6) is 0 Å². The number of ether oxygens (including phenoxy) is 2. The first-order valence-corrected chi connectivity index (χ1v) is 14.7. The van der Waals surface area contributed by atoms with E-state index in [0.29, 0.717) is 32.1 Å². The molecule has 4 aliphatic carbocycles. The number of rotatable bonds is 7. The zero-order valence-corrected chi connectivity index (χ0v) is 23.9. The standard InChI is InChI=1S/C30H48O8/c1-15(2)37-27(36)10-7-16(3)21-8-9-22-28-23(14-26(35)30(21,22)17(4)31)29(6)19(11-20(33)13-25(29)34)12-24(28)38-18(5)32/h15-16,19-26,28,33-35H,7-14H2,1-6H3/t16-,19?,20+,21-,22+,23?,24-,25-,26+,28?,29+,30-/m1/s1. The van der Waals surface area contributed by atoms with Gasteiger partial charge in [-0.1, -0.05) is 13.8 Å². The van der Waals surface area contributed by atoms with Crippen LogP contribution in [0.2, 0.25) is 0 Å². The number of ketones is 1. The third-order valence-corrected chi connectivity index (χ3v) is 11.2. The molecule has 0 radical (unpaired) electrons. The predicted octanol–water partition coefficient (Wildman–Crippen LogP) is 3.43. The van der Waals surface area contributed by atoms with Crippen LogP contribution >= 0.6 is 0 Å². The van der Waals surface area contributed by atoms with Crippen LogP contribution in [0.3, 0.4) is 0 Å². The molecule has 0 aromatic carbocycles. The van der Waals surface area contributed by atoms with Crippen molar-refractivity contribution in [3.05, 3.63) is 0 Å². The molecule has 0 aromatic heterocycles. The maximum atomic E-state index is 13.6. The summed E-state index contributed by atoms with van der Waals surface area (Å²) >= 11 is 0. The fraction of sp³-hybridized carbons (Fsp3) is 0.900. The van der Waals surface area contributed by atoms with Crippen molar-refractivity contribution in [3.8, 4) is 0 Å². The molecule has 8 heteroatoms. The van der Waals surface area contributed by atoms with Crippen molar-refractivity contribution in [2.24, 2.45) is 46.3 Å². The van der Waals surface area contributed by atoms with Gasteiger partial charge in [-0.25, -0.2) is 0 Å². The minimum absolute atomic E-state index is 0.0179. The summed E-state index contributed by atoms with van der Waals surface area (Å²) in [5.41, 5.74) is -1.53. The van der Waals surface area contributed by atoms with E-state index in [4.69, 9.17) is 9.47 Å². The number of esters is 2. The van der Waals surface area contributed by atoms with Crippen molar-refractivity contribution in [2.45, 2.75) is 123 Å². The summed E-state index contributed by atoms with van der Waals surface area (Å²) in [4.78, 5) is 38.1. The highest BCUT2D eigenvalue weighted by molar-refractivity contribution is 5.84. The van der Waals surface area contributed by atoms with E-state index in [2.05, 4.69) is 13.8 Å². The number of aliphatic hydroxyl groups excluding tert-OH is 3. The number of carbonyl (C=O) groups is 3. The fourth-order valence-electron chi connectivity index (χ4n) is 9.70. The third-order valence-electron chi connectivity index (χ3n) is 11.2. The van der Waals surface area contributed by atoms with Crippen molar-refractivity contribution in [1.82, 2.24) is 0 Å². The highest BCUT2D eigenvalue weighted by Crippen LogP contribution is 2.69. The summed E-state index contributed by atoms with van der Waals surface area (Å²) in [5.74, 6) is -1.30. The van der Waals surface area contributed by atoms with Gasteiger partial charge in [0.15, 0.2) is 0 Å². The summed E-state index contributed by atoms with van der Waals surface area (Å²) < 4.78 is 11.3. The quantitative estimate of drug-likeness (QED) is 0.422. The van der Waals surface area contributed by atoms with Crippen molar-refractivity contribution >= 4 is 17.7 Å². The average molecular weight is 537 g/mol. The number of carbonyl (C=O) groups excluding carboxylic acids is 3. The second-order valence-electron chi connectivity index (χ2n) is 13.4. The Balaban J connectivity index is 1.70. The van der Waals surface area contributed by atoms with Gasteiger partial charge in [0.25, 0.3) is 0 Å². The maximum absolute atomic E-state index is 13.6. The molecule has 4 aliphatic rings. The van der Waals surface area contributed by atoms with Gasteiger partial charge in [0, 0.05) is 19.3 Å². The topological polar surface area (TPSA) is 130 Å². The van der Waals surface area contributed by atoms with Crippen LogP contribution in [-0.2, 0) is 23.9 Å². The molecule has 0 saturated heterocycles. The summed E-state index contributed by atoms with van der Waals surface area (Å²) in [6.07, 6.45) is 1.16. The summed E-state index contributed by atoms with van der Waals surface area (Å²) in [5, 5.41) is 33.7. The Morgan fingerprint density at radius 2 is 1.61 bits per heavy atom. The van der Waals surface area contributed by atoms with Crippen LogP contribution in [0.1, 0.15) is 92.9 Å². The molecule has 0 spiro atoms. The molecule has 0 aliphatic heterocycles. The van der Waals surface area contributed by atoms with Crippen LogP contribution in [0.4, 0.5) is 0 Å². The molecule has 0 aromatic rings. The van der Waals surface area contributed by atoms with Gasteiger partial charge in [-0.15, -0.1) is 0 Å². The number of hydrogen-bond acceptors (Lipinski definition) is 8. The van der Waals surface area contributed by atoms with Gasteiger partial charge in [0.1, 0.15) is 11.9 Å². The van der Waals surface area contributed by atoms with Crippen LogP contribution in [0.15, 0.2) is 0 Å². The Morgan fingerprint density at radius 1 is 0.921 bits per heavy atom. The SMILES string of the molecule is CC(=O)O[C@@H]1CC2C[C@H](O)C[C@@H](O)[C@]2(C)C2C[C@H](O)[C@]3(C(C)=O)[C@@H]([C@H](C)CCC(=O)OC(C)C)CC[C@H]3C21. The average Bonchev–Trinajstić information content (AvgIpc) is 3.21. The fourth-order valence-corrected chi connectivity index (χ4v) is 9.70. The Bertz CT molecular complexity index is 918. The van der Waals surface area contributed by atoms with E-state index in [0.717, 1.165) is 12.8 Å². The molecule has 0 bridgehead atoms. The van der Waals surface area contributed by atoms with E-state index >= 15 is 0 Å². The predicted molar refractivity (Wildman–Crippen MR) is 140 cm³/mol. The van der Waals surface area contributed by atoms with Crippen molar-refractivity contribution in [2.75, 3.05) is 0 Å². The lowest BCUT2D eigenvalue weighted by Crippen LogP contribution is -2.67. The molecular formula is C30H48O8. The largest absolute Gasteiger partial charge is 0.463 e. The first-order valence-electron chi connectivity index (χ1n) is 14.7. The van der Waals surface area contributed by atoms with Gasteiger partial charge in [-0.2, -0.15) is 0 Å². The van der Waals surface area contributed by atoms with E-state index in [9.17, 15) is 29.7 Å². The molecular weight excluding hydrogens is 488 g/mol. The van der Waals surface area contributed by atoms with Gasteiger partial charge in [0.05, 0.1) is 29.8 Å². The van der Waals surface area contributed by atoms with E-state index < -0.39 is 35.2 Å². The lowest BCUT2D eigenvalue weighted by atomic mass is 9.41. The zero-order valence-electron chi connectivity index (χ0n) is 23.9. The van der Waals surface area contributed by atoms with Crippen LogP contribution in [0.25, 0.3) is 0 Å². The summed E-state index contributed by atoms with van der Waals surface area (Å²) in [6, 6.07) is 0. The van der Waals surface area contributed by atoms with Crippen LogP contribution in [0, 0.1) is 46.3 Å². The number of Topliss-reactive ketones (excluding diaryl/α,β-unsaturated/α-hetero) is 1. The molecule has 3 unspecified atom stereocenters. The molecule has 8 nitrogen and oxygen atoms in total. The van der Waals surface area contributed by atoms with Gasteiger partial charge < -0.3 is 24.8 Å². The summed E-state index contributed by atoms with van der Waals surface area (Å²) in [7, 11) is 0. The molecule has 38 heavy (non-hydrogen) atoms. The molecule has 0 amide bonds. The monoisotopic (exact) mass is 536 g/mol. The van der Waals surface area contributed by atoms with Crippen molar-refractivity contribution < 1.29 is 39.2 Å². The maximum Gasteiger partial charge on any atom is 0.306 e. The van der Waals surface area contributed by atoms with Gasteiger partial charge in [-0.3, -0.25) is 14.4 Å². The highest BCUT2D eigenvalue weighted by Gasteiger charge is 2.70. The number of fused-ring (bicyclic) bond motifs is 5. The Labute approximate surface area is 226 Å². The lowest BCUT2D eigenvalue weighted by Gasteiger charge is -2.64. The zero-order chi connectivity index (χ0) is 28.2. The first kappa shape index (κ1) is 29.5. The van der Waals surface area contributed by atoms with E-state index in [1.807, 2.05) is 13.8 Å². The third kappa shape index (κ3) is 4.72. The Morgan fingerprint density at radius 3 is 2.21 bits per heavy atom. The number of hydrogen-bond donors (Lipinski definition) is 3. The highest BCUT2D eigenvalue weighted by atomic mass is 16.5. The van der Waals surface area contributed by atoms with E-state index in [-0.39, 0.29) is 65.8 Å². The molecule has 4 fully saturated rings. The molecule has 12 atom stereocenters. The smallest absolute Gasteiger partial charge is 0.306 e. The normalized spacial score (nSPS) is 44.9. The van der Waals surface area contributed by atoms with Gasteiger partial charge in [-0.05, 0) is 101 Å². The Kier molecular flexibility index (Phi) is 8.38. The van der Waals surface area contributed by atoms with Gasteiger partial charge >= 0.3 is 11.9 Å².